The van der Waals surface area contributed by atoms with Gasteiger partial charge < -0.3 is 20.4 Å². The summed E-state index contributed by atoms with van der Waals surface area (Å²) in [5, 5.41) is 19.7. The van der Waals surface area contributed by atoms with Gasteiger partial charge in [-0.3, -0.25) is 9.59 Å². The molecule has 1 aromatic heterocycles. The molecule has 8 heteroatoms. The number of nitrogens with one attached hydrogen (secondary N) is 3. The summed E-state index contributed by atoms with van der Waals surface area (Å²) in [6.07, 6.45) is 1.52. The number of rotatable bonds is 7. The Kier molecular flexibility index (Phi) is 7.85. The van der Waals surface area contributed by atoms with E-state index < -0.39 is 5.92 Å². The predicted molar refractivity (Wildman–Crippen MR) is 147 cm³/mol. The highest BCUT2D eigenvalue weighted by Crippen LogP contribution is 2.41. The maximum absolute atomic E-state index is 13.4. The maximum atomic E-state index is 13.4. The first-order valence-electron chi connectivity index (χ1n) is 11.8. The monoisotopic (exact) mass is 512 g/mol. The average molecular weight is 513 g/mol. The fourth-order valence-corrected chi connectivity index (χ4v) is 5.03. The van der Waals surface area contributed by atoms with Gasteiger partial charge in [0.25, 0.3) is 5.91 Å². The highest BCUT2D eigenvalue weighted by Gasteiger charge is 2.36. The first kappa shape index (κ1) is 25.9. The van der Waals surface area contributed by atoms with Crippen molar-refractivity contribution in [3.63, 3.8) is 0 Å². The second-order valence-corrected chi connectivity index (χ2v) is 9.91. The number of nitriles is 1. The number of aryl methyl sites for hydroxylation is 3. The number of carbonyl (C=O) groups is 2. The van der Waals surface area contributed by atoms with E-state index in [9.17, 15) is 14.9 Å². The normalized spacial score (nSPS) is 15.2. The van der Waals surface area contributed by atoms with E-state index in [0.29, 0.717) is 33.3 Å². The van der Waals surface area contributed by atoms with Gasteiger partial charge >= 0.3 is 0 Å². The van der Waals surface area contributed by atoms with Crippen LogP contribution in [-0.4, -0.2) is 17.6 Å². The molecule has 0 spiro atoms. The largest absolute Gasteiger partial charge is 0.468 e. The molecule has 3 aromatic rings. The summed E-state index contributed by atoms with van der Waals surface area (Å²) >= 11 is 1.22. The van der Waals surface area contributed by atoms with E-state index >= 15 is 0 Å². The fourth-order valence-electron chi connectivity index (χ4n) is 4.14. The lowest BCUT2D eigenvalue weighted by atomic mass is 9.85. The minimum absolute atomic E-state index is 0.0867. The van der Waals surface area contributed by atoms with Crippen molar-refractivity contribution in [2.24, 2.45) is 0 Å². The van der Waals surface area contributed by atoms with Gasteiger partial charge in [-0.1, -0.05) is 30.0 Å². The Morgan fingerprint density at radius 2 is 1.78 bits per heavy atom. The predicted octanol–water partition coefficient (Wildman–Crippen LogP) is 5.91. The van der Waals surface area contributed by atoms with Gasteiger partial charge in [-0.05, 0) is 80.8 Å². The molecule has 0 saturated heterocycles. The SMILES string of the molecule is CC1=C(C(=O)Nc2cccc(C)c2)C(c2ccco2)C(C#N)=C(SCC(=O)Nc2ccc(C)c(C)c2)N1. The zero-order valence-electron chi connectivity index (χ0n) is 21.1. The summed E-state index contributed by atoms with van der Waals surface area (Å²) in [5.41, 5.74) is 5.93. The van der Waals surface area contributed by atoms with Gasteiger partial charge in [0, 0.05) is 17.1 Å². The maximum Gasteiger partial charge on any atom is 0.254 e. The molecular formula is C29H28N4O3S. The van der Waals surface area contributed by atoms with Crippen LogP contribution in [0.5, 0.6) is 0 Å². The van der Waals surface area contributed by atoms with Crippen LogP contribution in [0.15, 0.2) is 87.1 Å². The van der Waals surface area contributed by atoms with Crippen LogP contribution in [0.1, 0.15) is 35.3 Å². The molecule has 37 heavy (non-hydrogen) atoms. The molecule has 3 N–H and O–H groups in total. The van der Waals surface area contributed by atoms with Crippen LogP contribution >= 0.6 is 11.8 Å². The molecule has 0 bridgehead atoms. The van der Waals surface area contributed by atoms with Gasteiger partial charge in [0.1, 0.15) is 5.76 Å². The molecule has 188 valence electrons. The van der Waals surface area contributed by atoms with Gasteiger partial charge in [0.05, 0.1) is 40.2 Å². The quantitative estimate of drug-likeness (QED) is 0.363. The summed E-state index contributed by atoms with van der Waals surface area (Å²) in [6, 6.07) is 19.0. The Morgan fingerprint density at radius 3 is 2.46 bits per heavy atom. The van der Waals surface area contributed by atoms with Gasteiger partial charge in [0.2, 0.25) is 5.91 Å². The number of carbonyl (C=O) groups excluding carboxylic acids is 2. The first-order valence-corrected chi connectivity index (χ1v) is 12.8. The summed E-state index contributed by atoms with van der Waals surface area (Å²) in [5.74, 6) is -0.676. The van der Waals surface area contributed by atoms with Gasteiger partial charge in [-0.2, -0.15) is 5.26 Å². The van der Waals surface area contributed by atoms with Gasteiger partial charge in [-0.25, -0.2) is 0 Å². The molecule has 2 amide bonds. The van der Waals surface area contributed by atoms with Crippen LogP contribution in [0.25, 0.3) is 0 Å². The van der Waals surface area contributed by atoms with E-state index in [0.717, 1.165) is 22.4 Å². The molecule has 2 aromatic carbocycles. The molecule has 0 aliphatic carbocycles. The summed E-state index contributed by atoms with van der Waals surface area (Å²) in [6.45, 7) is 7.74. The molecule has 0 saturated carbocycles. The van der Waals surface area contributed by atoms with Gasteiger partial charge in [0.15, 0.2) is 0 Å². The third-order valence-corrected chi connectivity index (χ3v) is 7.15. The minimum atomic E-state index is -0.712. The summed E-state index contributed by atoms with van der Waals surface area (Å²) in [7, 11) is 0. The number of furan rings is 1. The number of hydrogen-bond acceptors (Lipinski definition) is 6. The molecule has 1 unspecified atom stereocenters. The number of allylic oxidation sites excluding steroid dienone is 2. The molecule has 2 heterocycles. The van der Waals surface area contributed by atoms with Crippen molar-refractivity contribution in [2.45, 2.75) is 33.6 Å². The van der Waals surface area contributed by atoms with E-state index in [4.69, 9.17) is 4.42 Å². The van der Waals surface area contributed by atoms with Crippen LogP contribution in [0.2, 0.25) is 0 Å². The van der Waals surface area contributed by atoms with E-state index in [1.807, 2.05) is 63.2 Å². The van der Waals surface area contributed by atoms with Crippen molar-refractivity contribution in [1.82, 2.24) is 5.32 Å². The number of thioether (sulfide) groups is 1. The average Bonchev–Trinajstić information content (AvgIpc) is 3.39. The van der Waals surface area contributed by atoms with Crippen LogP contribution in [0.3, 0.4) is 0 Å². The second kappa shape index (κ2) is 11.2. The van der Waals surface area contributed by atoms with E-state index in [2.05, 4.69) is 22.0 Å². The zero-order chi connectivity index (χ0) is 26.5. The number of anilines is 2. The van der Waals surface area contributed by atoms with E-state index in [1.165, 1.54) is 18.0 Å². The van der Waals surface area contributed by atoms with Crippen molar-refractivity contribution in [1.29, 1.82) is 5.26 Å². The minimum Gasteiger partial charge on any atom is -0.468 e. The van der Waals surface area contributed by atoms with Crippen molar-refractivity contribution in [3.8, 4) is 6.07 Å². The lowest BCUT2D eigenvalue weighted by Gasteiger charge is -2.28. The molecule has 1 aliphatic heterocycles. The Bertz CT molecular complexity index is 1450. The number of hydrogen-bond donors (Lipinski definition) is 3. The Balaban J connectivity index is 1.57. The number of benzene rings is 2. The number of dihydropyridines is 1. The molecule has 7 nitrogen and oxygen atoms in total. The Labute approximate surface area is 220 Å². The van der Waals surface area contributed by atoms with Crippen molar-refractivity contribution in [3.05, 3.63) is 105 Å². The zero-order valence-corrected chi connectivity index (χ0v) is 22.0. The lowest BCUT2D eigenvalue weighted by Crippen LogP contribution is -2.31. The fraction of sp³-hybridized carbons (Fsp3) is 0.207. The molecule has 0 fully saturated rings. The molecular weight excluding hydrogens is 484 g/mol. The van der Waals surface area contributed by atoms with Crippen molar-refractivity contribution < 1.29 is 14.0 Å². The third kappa shape index (κ3) is 5.96. The first-order chi connectivity index (χ1) is 17.8. The van der Waals surface area contributed by atoms with Crippen molar-refractivity contribution in [2.75, 3.05) is 16.4 Å². The molecule has 1 aliphatic rings. The van der Waals surface area contributed by atoms with Crippen molar-refractivity contribution >= 4 is 35.0 Å². The van der Waals surface area contributed by atoms with E-state index in [1.54, 1.807) is 19.1 Å². The topological polar surface area (TPSA) is 107 Å². The van der Waals surface area contributed by atoms with E-state index in [-0.39, 0.29) is 17.6 Å². The molecule has 1 atom stereocenters. The standard InChI is InChI=1S/C29H28N4O3S/c1-17-7-5-8-21(13-17)33-28(35)26-20(4)31-29(23(15-30)27(26)24-9-6-12-36-24)37-16-25(34)32-22-11-10-18(2)19(3)14-22/h5-14,27,31H,16H2,1-4H3,(H,32,34)(H,33,35). The van der Waals surface area contributed by atoms with Crippen LogP contribution in [0, 0.1) is 32.1 Å². The smallest absolute Gasteiger partial charge is 0.254 e. The Morgan fingerprint density at radius 1 is 1.00 bits per heavy atom. The number of nitrogens with zero attached hydrogens (tertiary/aromatic N) is 1. The van der Waals surface area contributed by atoms with Gasteiger partial charge in [-0.15, -0.1) is 0 Å². The lowest BCUT2D eigenvalue weighted by molar-refractivity contribution is -0.114. The summed E-state index contributed by atoms with van der Waals surface area (Å²) < 4.78 is 5.66. The highest BCUT2D eigenvalue weighted by molar-refractivity contribution is 8.03. The third-order valence-electron chi connectivity index (χ3n) is 6.13. The molecule has 0 radical (unpaired) electrons. The highest BCUT2D eigenvalue weighted by atomic mass is 32.2. The number of amides is 2. The second-order valence-electron chi connectivity index (χ2n) is 8.93. The van der Waals surface area contributed by atoms with Crippen LogP contribution in [-0.2, 0) is 9.59 Å². The molecule has 4 rings (SSSR count). The van der Waals surface area contributed by atoms with Crippen LogP contribution < -0.4 is 16.0 Å². The van der Waals surface area contributed by atoms with Crippen LogP contribution in [0.4, 0.5) is 11.4 Å². The Hall–Kier alpha value is -4.22. The summed E-state index contributed by atoms with van der Waals surface area (Å²) in [4.78, 5) is 26.1.